The zero-order valence-corrected chi connectivity index (χ0v) is 8.86. The van der Waals surface area contributed by atoms with E-state index >= 15 is 0 Å². The summed E-state index contributed by atoms with van der Waals surface area (Å²) >= 11 is 2.01. The maximum atomic E-state index is 8.71. The van der Waals surface area contributed by atoms with Crippen LogP contribution in [0.2, 0.25) is 0 Å². The summed E-state index contributed by atoms with van der Waals surface area (Å²) in [6.07, 6.45) is 1.49. The Hall–Kier alpha value is 0.180. The molecule has 1 rings (SSSR count). The predicted molar refractivity (Wildman–Crippen MR) is 50.3 cm³/mol. The van der Waals surface area contributed by atoms with Crippen LogP contribution in [0.15, 0.2) is 6.20 Å². The molecule has 58 valence electrons. The predicted octanol–water partition coefficient (Wildman–Crippen LogP) is 0.762. The second kappa shape index (κ2) is 4.14. The van der Waals surface area contributed by atoms with Crippen molar-refractivity contribution in [2.45, 2.75) is 6.54 Å². The molecule has 0 aliphatic heterocycles. The van der Waals surface area contributed by atoms with Gasteiger partial charge in [0.05, 0.1) is 6.20 Å². The van der Waals surface area contributed by atoms with Gasteiger partial charge in [0.1, 0.15) is 3.70 Å². The van der Waals surface area contributed by atoms with Gasteiger partial charge in [0.2, 0.25) is 0 Å². The van der Waals surface area contributed by atoms with Crippen molar-refractivity contribution in [3.8, 4) is 0 Å². The molecule has 0 amide bonds. The molecule has 0 saturated heterocycles. The molecular formula is C4H7BrIN3O. The van der Waals surface area contributed by atoms with Gasteiger partial charge in [-0.3, -0.25) is 0 Å². The second-order valence-corrected chi connectivity index (χ2v) is 2.59. The summed E-state index contributed by atoms with van der Waals surface area (Å²) in [7, 11) is 0. The first kappa shape index (κ1) is 10.2. The number of aromatic nitrogens is 2. The maximum Gasteiger partial charge on any atom is 0.131 e. The highest BCUT2D eigenvalue weighted by atomic mass is 127. The molecule has 0 radical (unpaired) electrons. The van der Waals surface area contributed by atoms with Gasteiger partial charge in [-0.2, -0.15) is 0 Å². The van der Waals surface area contributed by atoms with E-state index in [9.17, 15) is 0 Å². The molecule has 0 fully saturated rings. The minimum Gasteiger partial charge on any atom is -0.412 e. The molecular weight excluding hydrogens is 313 g/mol. The molecule has 1 aromatic rings. The molecule has 0 saturated carbocycles. The van der Waals surface area contributed by atoms with Gasteiger partial charge in [-0.15, -0.1) is 26.9 Å². The minimum absolute atomic E-state index is 0. The Morgan fingerprint density at radius 3 is 2.60 bits per heavy atom. The first-order valence-corrected chi connectivity index (χ1v) is 3.45. The largest absolute Gasteiger partial charge is 0.412 e. The van der Waals surface area contributed by atoms with Crippen LogP contribution in [0.1, 0.15) is 5.56 Å². The van der Waals surface area contributed by atoms with Crippen molar-refractivity contribution in [1.82, 2.24) is 9.94 Å². The van der Waals surface area contributed by atoms with Crippen LogP contribution in [0.5, 0.6) is 0 Å². The summed E-state index contributed by atoms with van der Waals surface area (Å²) in [4.78, 5) is 0.768. The number of hydrogen-bond donors (Lipinski definition) is 2. The highest BCUT2D eigenvalue weighted by molar-refractivity contribution is 14.1. The SMILES string of the molecule is Br.NCc1cn(O)nc1I. The summed E-state index contributed by atoms with van der Waals surface area (Å²) in [6, 6.07) is 0. The third-order valence-corrected chi connectivity index (χ3v) is 1.86. The van der Waals surface area contributed by atoms with E-state index in [1.807, 2.05) is 22.6 Å². The third kappa shape index (κ3) is 2.10. The van der Waals surface area contributed by atoms with Crippen LogP contribution < -0.4 is 5.73 Å². The van der Waals surface area contributed by atoms with E-state index in [-0.39, 0.29) is 17.0 Å². The lowest BCUT2D eigenvalue weighted by Gasteiger charge is -1.83. The van der Waals surface area contributed by atoms with E-state index < -0.39 is 0 Å². The fourth-order valence-corrected chi connectivity index (χ4v) is 1.09. The number of nitrogens with zero attached hydrogens (tertiary/aromatic N) is 2. The van der Waals surface area contributed by atoms with Gasteiger partial charge in [0.15, 0.2) is 0 Å². The van der Waals surface area contributed by atoms with Gasteiger partial charge < -0.3 is 10.9 Å². The molecule has 0 aliphatic carbocycles. The zero-order chi connectivity index (χ0) is 6.85. The second-order valence-electron chi connectivity index (χ2n) is 1.57. The summed E-state index contributed by atoms with van der Waals surface area (Å²) < 4.78 is 0.748. The van der Waals surface area contributed by atoms with Crippen LogP contribution in [0, 0.1) is 3.70 Å². The third-order valence-electron chi connectivity index (χ3n) is 0.946. The molecule has 1 aromatic heterocycles. The molecule has 0 aliphatic rings. The highest BCUT2D eigenvalue weighted by Gasteiger charge is 2.01. The van der Waals surface area contributed by atoms with Crippen LogP contribution in [-0.2, 0) is 6.54 Å². The Bertz CT molecular complexity index is 214. The van der Waals surface area contributed by atoms with Crippen molar-refractivity contribution in [2.24, 2.45) is 5.73 Å². The van der Waals surface area contributed by atoms with Crippen LogP contribution in [0.4, 0.5) is 0 Å². The molecule has 0 aromatic carbocycles. The average Bonchev–Trinajstić information content (AvgIpc) is 2.10. The Labute approximate surface area is 82.3 Å². The van der Waals surface area contributed by atoms with Crippen molar-refractivity contribution in [1.29, 1.82) is 0 Å². The average molecular weight is 320 g/mol. The molecule has 4 nitrogen and oxygen atoms in total. The molecule has 1 heterocycles. The lowest BCUT2D eigenvalue weighted by molar-refractivity contribution is 0.147. The minimum atomic E-state index is 0. The van der Waals surface area contributed by atoms with Crippen LogP contribution in [-0.4, -0.2) is 15.2 Å². The van der Waals surface area contributed by atoms with Gasteiger partial charge >= 0.3 is 0 Å². The van der Waals surface area contributed by atoms with E-state index in [4.69, 9.17) is 10.9 Å². The lowest BCUT2D eigenvalue weighted by atomic mass is 10.4. The summed E-state index contributed by atoms with van der Waals surface area (Å²) in [5.41, 5.74) is 6.15. The Kier molecular flexibility index (Phi) is 4.22. The monoisotopic (exact) mass is 319 g/mol. The fraction of sp³-hybridized carbons (Fsp3) is 0.250. The molecule has 0 atom stereocenters. The van der Waals surface area contributed by atoms with Gasteiger partial charge in [-0.25, -0.2) is 0 Å². The van der Waals surface area contributed by atoms with Crippen molar-refractivity contribution in [3.05, 3.63) is 15.5 Å². The van der Waals surface area contributed by atoms with Gasteiger partial charge in [0, 0.05) is 12.1 Å². The molecule has 6 heteroatoms. The van der Waals surface area contributed by atoms with Crippen LogP contribution in [0.25, 0.3) is 0 Å². The van der Waals surface area contributed by atoms with E-state index in [1.54, 1.807) is 0 Å². The van der Waals surface area contributed by atoms with E-state index in [0.29, 0.717) is 6.54 Å². The number of nitrogens with two attached hydrogens (primary N) is 1. The van der Waals surface area contributed by atoms with Gasteiger partial charge in [0.25, 0.3) is 0 Å². The van der Waals surface area contributed by atoms with Crippen molar-refractivity contribution < 1.29 is 5.21 Å². The Morgan fingerprint density at radius 1 is 1.80 bits per heavy atom. The fourth-order valence-electron chi connectivity index (χ4n) is 0.513. The van der Waals surface area contributed by atoms with E-state index in [1.165, 1.54) is 6.20 Å². The van der Waals surface area contributed by atoms with Crippen LogP contribution >= 0.6 is 39.6 Å². The van der Waals surface area contributed by atoms with Gasteiger partial charge in [-0.1, -0.05) is 0 Å². The summed E-state index contributed by atoms with van der Waals surface area (Å²) in [5.74, 6) is 0. The molecule has 0 bridgehead atoms. The topological polar surface area (TPSA) is 64.1 Å². The molecule has 0 unspecified atom stereocenters. The van der Waals surface area contributed by atoms with Crippen LogP contribution in [0.3, 0.4) is 0 Å². The van der Waals surface area contributed by atoms with Crippen molar-refractivity contribution in [3.63, 3.8) is 0 Å². The number of hydrogen-bond acceptors (Lipinski definition) is 3. The quantitative estimate of drug-likeness (QED) is 0.593. The lowest BCUT2D eigenvalue weighted by Crippen LogP contribution is -1.95. The highest BCUT2D eigenvalue weighted by Crippen LogP contribution is 2.06. The van der Waals surface area contributed by atoms with Crippen molar-refractivity contribution in [2.75, 3.05) is 0 Å². The summed E-state index contributed by atoms with van der Waals surface area (Å²) in [6.45, 7) is 0.416. The molecule has 3 N–H and O–H groups in total. The first-order chi connectivity index (χ1) is 4.24. The van der Waals surface area contributed by atoms with Crippen molar-refractivity contribution >= 4 is 39.6 Å². The van der Waals surface area contributed by atoms with E-state index in [2.05, 4.69) is 5.10 Å². The smallest absolute Gasteiger partial charge is 0.131 e. The first-order valence-electron chi connectivity index (χ1n) is 2.37. The normalized spacial score (nSPS) is 9.00. The molecule has 10 heavy (non-hydrogen) atoms. The standard InChI is InChI=1S/C4H6IN3O.BrH/c5-4-3(1-6)2-8(9)7-4;/h2,9H,1,6H2;1H. The Morgan fingerprint density at radius 2 is 2.40 bits per heavy atom. The number of rotatable bonds is 1. The Balaban J connectivity index is 0.000000810. The molecule has 0 spiro atoms. The zero-order valence-electron chi connectivity index (χ0n) is 4.99. The van der Waals surface area contributed by atoms with E-state index in [0.717, 1.165) is 14.1 Å². The van der Waals surface area contributed by atoms with Gasteiger partial charge in [-0.05, 0) is 22.6 Å². The maximum absolute atomic E-state index is 8.71. The number of halogens is 2. The summed E-state index contributed by atoms with van der Waals surface area (Å²) in [5, 5.41) is 12.4.